The number of fused-ring (bicyclic) bond motifs is 1. The molecule has 1 aliphatic heterocycles. The molecule has 3 fully saturated rings. The highest BCUT2D eigenvalue weighted by Gasteiger charge is 2.56. The molecule has 4 rings (SSSR count). The van der Waals surface area contributed by atoms with E-state index >= 15 is 0 Å². The molecule has 2 unspecified atom stereocenters. The number of carbonyl (C=O) groups excluding carboxylic acids is 1. The van der Waals surface area contributed by atoms with Crippen LogP contribution in [0.25, 0.3) is 0 Å². The zero-order chi connectivity index (χ0) is 20.4. The predicted molar refractivity (Wildman–Crippen MR) is 114 cm³/mol. The third-order valence-electron chi connectivity index (χ3n) is 7.32. The fraction of sp³-hybridized carbons (Fsp3) is 0.640. The number of likely N-dealkylation sites (tertiary alicyclic amines) is 1. The van der Waals surface area contributed by atoms with Crippen LogP contribution in [-0.2, 0) is 15.1 Å². The molecule has 1 saturated heterocycles. The number of rotatable bonds is 8. The van der Waals surface area contributed by atoms with Gasteiger partial charge in [-0.05, 0) is 50.5 Å². The Morgan fingerprint density at radius 2 is 1.83 bits per heavy atom. The summed E-state index contributed by atoms with van der Waals surface area (Å²) in [5, 5.41) is 11.5. The Hall–Kier alpha value is -1.65. The van der Waals surface area contributed by atoms with Crippen LogP contribution in [0.4, 0.5) is 0 Å². The van der Waals surface area contributed by atoms with Crippen molar-refractivity contribution in [1.82, 2.24) is 4.90 Å². The first kappa shape index (κ1) is 20.6. The number of piperidine rings is 1. The fourth-order valence-electron chi connectivity index (χ4n) is 5.54. The molecule has 0 amide bonds. The van der Waals surface area contributed by atoms with Crippen molar-refractivity contribution in [3.8, 4) is 0 Å². The van der Waals surface area contributed by atoms with Crippen LogP contribution in [0.2, 0.25) is 0 Å². The van der Waals surface area contributed by atoms with E-state index in [1.54, 1.807) is 0 Å². The third kappa shape index (κ3) is 4.29. The number of carbonyl (C=O) groups is 1. The first-order valence-electron chi connectivity index (χ1n) is 11.3. The zero-order valence-electron chi connectivity index (χ0n) is 17.8. The zero-order valence-corrected chi connectivity index (χ0v) is 17.8. The van der Waals surface area contributed by atoms with Crippen LogP contribution >= 0.6 is 0 Å². The van der Waals surface area contributed by atoms with Crippen LogP contribution in [0.1, 0.15) is 51.5 Å². The van der Waals surface area contributed by atoms with Gasteiger partial charge in [0.05, 0.1) is 6.61 Å². The number of benzene rings is 1. The summed E-state index contributed by atoms with van der Waals surface area (Å²) in [6.45, 7) is 8.12. The molecule has 2 aliphatic carbocycles. The van der Waals surface area contributed by atoms with Gasteiger partial charge in [0.15, 0.2) is 5.60 Å². The smallest absolute Gasteiger partial charge is 0.343 e. The van der Waals surface area contributed by atoms with Crippen molar-refractivity contribution in [1.29, 1.82) is 0 Å². The van der Waals surface area contributed by atoms with E-state index in [9.17, 15) is 9.90 Å². The van der Waals surface area contributed by atoms with Crippen LogP contribution in [0, 0.1) is 23.7 Å². The predicted octanol–water partition coefficient (Wildman–Crippen LogP) is 4.14. The van der Waals surface area contributed by atoms with E-state index in [0.717, 1.165) is 51.7 Å². The van der Waals surface area contributed by atoms with Crippen molar-refractivity contribution in [3.63, 3.8) is 0 Å². The Morgan fingerprint density at radius 3 is 2.45 bits per heavy atom. The van der Waals surface area contributed by atoms with E-state index in [0.29, 0.717) is 29.9 Å². The van der Waals surface area contributed by atoms with Gasteiger partial charge in [-0.2, -0.15) is 0 Å². The van der Waals surface area contributed by atoms with Crippen molar-refractivity contribution >= 4 is 5.97 Å². The van der Waals surface area contributed by atoms with Crippen molar-refractivity contribution in [2.75, 3.05) is 26.2 Å². The summed E-state index contributed by atoms with van der Waals surface area (Å²) < 4.78 is 5.77. The minimum Gasteiger partial charge on any atom is -0.463 e. The minimum atomic E-state index is -1.50. The van der Waals surface area contributed by atoms with E-state index < -0.39 is 11.6 Å². The van der Waals surface area contributed by atoms with Crippen molar-refractivity contribution < 1.29 is 14.6 Å². The molecule has 29 heavy (non-hydrogen) atoms. The molecule has 1 aromatic carbocycles. The van der Waals surface area contributed by atoms with Crippen LogP contribution in [0.3, 0.4) is 0 Å². The van der Waals surface area contributed by atoms with Crippen LogP contribution < -0.4 is 0 Å². The Bertz CT molecular complexity index is 724. The third-order valence-corrected chi connectivity index (χ3v) is 7.32. The summed E-state index contributed by atoms with van der Waals surface area (Å²) in [7, 11) is 0. The molecule has 0 aromatic heterocycles. The minimum absolute atomic E-state index is 0.0401. The van der Waals surface area contributed by atoms with E-state index in [1.165, 1.54) is 5.57 Å². The number of ether oxygens (including phenoxy) is 1. The first-order chi connectivity index (χ1) is 14.0. The number of hydrogen-bond acceptors (Lipinski definition) is 4. The fourth-order valence-corrected chi connectivity index (χ4v) is 5.54. The van der Waals surface area contributed by atoms with E-state index in [2.05, 4.69) is 24.8 Å². The monoisotopic (exact) mass is 397 g/mol. The van der Waals surface area contributed by atoms with Gasteiger partial charge in [-0.1, -0.05) is 54.8 Å². The number of hydrogen-bond donors (Lipinski definition) is 1. The van der Waals surface area contributed by atoms with Gasteiger partial charge in [-0.15, -0.1) is 0 Å². The van der Waals surface area contributed by atoms with E-state index in [-0.39, 0.29) is 5.92 Å². The lowest BCUT2D eigenvalue weighted by Gasteiger charge is -2.32. The molecule has 158 valence electrons. The second-order valence-electron chi connectivity index (χ2n) is 9.53. The van der Waals surface area contributed by atoms with Gasteiger partial charge in [-0.25, -0.2) is 4.79 Å². The normalized spacial score (nSPS) is 28.6. The van der Waals surface area contributed by atoms with E-state index in [4.69, 9.17) is 4.74 Å². The summed E-state index contributed by atoms with van der Waals surface area (Å²) in [5.74, 6) is 1.31. The molecular formula is C25H35NO3. The summed E-state index contributed by atoms with van der Waals surface area (Å²) in [5.41, 5.74) is 0.559. The summed E-state index contributed by atoms with van der Waals surface area (Å²) in [4.78, 5) is 15.6. The number of esters is 1. The Balaban J connectivity index is 1.31. The Morgan fingerprint density at radius 1 is 1.17 bits per heavy atom. The molecule has 1 N–H and O–H groups in total. The van der Waals surface area contributed by atoms with Gasteiger partial charge < -0.3 is 14.7 Å². The number of nitrogens with zero attached hydrogens (tertiary/aromatic N) is 1. The summed E-state index contributed by atoms with van der Waals surface area (Å²) >= 11 is 0. The van der Waals surface area contributed by atoms with Crippen molar-refractivity contribution in [2.24, 2.45) is 23.7 Å². The molecule has 0 radical (unpaired) electrons. The molecule has 4 nitrogen and oxygen atoms in total. The van der Waals surface area contributed by atoms with Crippen LogP contribution in [0.15, 0.2) is 42.0 Å². The van der Waals surface area contributed by atoms with Gasteiger partial charge in [0.1, 0.15) is 0 Å². The second kappa shape index (κ2) is 8.61. The quantitative estimate of drug-likeness (QED) is 0.529. The summed E-state index contributed by atoms with van der Waals surface area (Å²) in [6.07, 6.45) is 7.33. The van der Waals surface area contributed by atoms with Gasteiger partial charge >= 0.3 is 5.97 Å². The van der Waals surface area contributed by atoms with Crippen LogP contribution in [-0.4, -0.2) is 42.2 Å². The molecule has 4 heteroatoms. The maximum atomic E-state index is 13.1. The van der Waals surface area contributed by atoms with Gasteiger partial charge in [0.25, 0.3) is 0 Å². The van der Waals surface area contributed by atoms with E-state index in [1.807, 2.05) is 30.3 Å². The lowest BCUT2D eigenvalue weighted by Crippen LogP contribution is -2.43. The second-order valence-corrected chi connectivity index (χ2v) is 9.53. The largest absolute Gasteiger partial charge is 0.463 e. The molecular weight excluding hydrogens is 362 g/mol. The highest BCUT2D eigenvalue weighted by molar-refractivity contribution is 5.81. The average Bonchev–Trinajstić information content (AvgIpc) is 3.13. The molecule has 4 atom stereocenters. The van der Waals surface area contributed by atoms with Gasteiger partial charge in [0, 0.05) is 31.5 Å². The lowest BCUT2D eigenvalue weighted by molar-refractivity contribution is -0.174. The van der Waals surface area contributed by atoms with Gasteiger partial charge in [0.2, 0.25) is 0 Å². The average molecular weight is 398 g/mol. The highest BCUT2D eigenvalue weighted by Crippen LogP contribution is 2.52. The highest BCUT2D eigenvalue weighted by atomic mass is 16.6. The standard InChI is InChI=1S/C25H35NO3/c1-18(2)9-8-14-26-15-21-22(16-26)23(21)17-29-24(27)25(28,20-12-6-7-13-20)19-10-4-3-5-11-19/h3-5,9-11,20-23,28H,6-8,12-17H2,1-2H3/t21-,22+,23?,25?. The topological polar surface area (TPSA) is 49.8 Å². The van der Waals surface area contributed by atoms with Crippen molar-refractivity contribution in [3.05, 3.63) is 47.5 Å². The Labute approximate surface area is 174 Å². The SMILES string of the molecule is CC(C)=CCCN1C[C@@H]2C(COC(=O)C(O)(c3ccccc3)C3CCCC3)[C@@H]2C1. The molecule has 1 aromatic rings. The van der Waals surface area contributed by atoms with Crippen LogP contribution in [0.5, 0.6) is 0 Å². The molecule has 0 spiro atoms. The number of aliphatic hydroxyl groups is 1. The van der Waals surface area contributed by atoms with Crippen molar-refractivity contribution in [2.45, 2.75) is 51.6 Å². The maximum absolute atomic E-state index is 13.1. The lowest BCUT2D eigenvalue weighted by atomic mass is 9.80. The molecule has 1 heterocycles. The summed E-state index contributed by atoms with van der Waals surface area (Å²) in [6, 6.07) is 9.40. The maximum Gasteiger partial charge on any atom is 0.343 e. The first-order valence-corrected chi connectivity index (χ1v) is 11.3. The number of allylic oxidation sites excluding steroid dienone is 1. The molecule has 2 saturated carbocycles. The molecule has 3 aliphatic rings. The Kier molecular flexibility index (Phi) is 6.12. The molecule has 0 bridgehead atoms. The van der Waals surface area contributed by atoms with Gasteiger partial charge in [-0.3, -0.25) is 0 Å².